The van der Waals surface area contributed by atoms with E-state index in [2.05, 4.69) is 9.88 Å². The molecule has 25 heavy (non-hydrogen) atoms. The molecule has 0 radical (unpaired) electrons. The first-order chi connectivity index (χ1) is 12.1. The Morgan fingerprint density at radius 1 is 1.40 bits per heavy atom. The molecule has 1 N–H and O–H groups in total. The van der Waals surface area contributed by atoms with Gasteiger partial charge in [0.05, 0.1) is 6.26 Å². The lowest BCUT2D eigenvalue weighted by Gasteiger charge is -2.40. The van der Waals surface area contributed by atoms with Gasteiger partial charge in [-0.3, -0.25) is 14.7 Å². The number of piperidine rings is 1. The molecule has 0 saturated carbocycles. The number of rotatable bonds is 5. The minimum Gasteiger partial charge on any atom is -0.480 e. The molecule has 3 rings (SSSR count). The van der Waals surface area contributed by atoms with Crippen LogP contribution in [0.25, 0.3) is 0 Å². The summed E-state index contributed by atoms with van der Waals surface area (Å²) in [6.07, 6.45) is 6.05. The topological polar surface area (TPSA) is 86.9 Å². The third-order valence-corrected chi connectivity index (χ3v) is 4.63. The summed E-state index contributed by atoms with van der Waals surface area (Å²) in [5.74, 6) is -1.18. The molecule has 0 aliphatic carbocycles. The molecular weight excluding hydrogens is 322 g/mol. The maximum atomic E-state index is 12.5. The second kappa shape index (κ2) is 7.48. The van der Waals surface area contributed by atoms with Crippen molar-refractivity contribution in [2.45, 2.75) is 31.5 Å². The van der Waals surface area contributed by atoms with Crippen molar-refractivity contribution in [1.82, 2.24) is 14.8 Å². The van der Waals surface area contributed by atoms with Gasteiger partial charge in [0.2, 0.25) is 0 Å². The van der Waals surface area contributed by atoms with E-state index in [1.807, 2.05) is 19.2 Å². The second-order valence-corrected chi connectivity index (χ2v) is 6.28. The molecule has 0 spiro atoms. The highest BCUT2D eigenvalue weighted by Gasteiger charge is 2.38. The van der Waals surface area contributed by atoms with Gasteiger partial charge in [-0.1, -0.05) is 6.07 Å². The van der Waals surface area contributed by atoms with E-state index in [-0.39, 0.29) is 17.7 Å². The molecule has 1 amide bonds. The van der Waals surface area contributed by atoms with Gasteiger partial charge < -0.3 is 14.4 Å². The van der Waals surface area contributed by atoms with Gasteiger partial charge >= 0.3 is 5.97 Å². The molecule has 0 bridgehead atoms. The van der Waals surface area contributed by atoms with Crippen LogP contribution in [0.3, 0.4) is 0 Å². The number of furan rings is 1. The van der Waals surface area contributed by atoms with E-state index in [0.717, 1.165) is 5.56 Å². The molecule has 7 heteroatoms. The third kappa shape index (κ3) is 3.88. The number of carbonyl (C=O) groups is 2. The Morgan fingerprint density at radius 2 is 2.24 bits per heavy atom. The summed E-state index contributed by atoms with van der Waals surface area (Å²) in [6.45, 7) is 1.08. The molecule has 2 aromatic heterocycles. The fraction of sp³-hybridized carbons (Fsp3) is 0.389. The summed E-state index contributed by atoms with van der Waals surface area (Å²) < 4.78 is 5.13. The van der Waals surface area contributed by atoms with Gasteiger partial charge in [0.1, 0.15) is 6.04 Å². The summed E-state index contributed by atoms with van der Waals surface area (Å²) in [5.41, 5.74) is 1.07. The van der Waals surface area contributed by atoms with Crippen LogP contribution in [0.5, 0.6) is 0 Å². The number of nitrogens with zero attached hydrogens (tertiary/aromatic N) is 3. The number of aromatic nitrogens is 1. The first kappa shape index (κ1) is 17.2. The zero-order valence-corrected chi connectivity index (χ0v) is 14.0. The second-order valence-electron chi connectivity index (χ2n) is 6.28. The average molecular weight is 343 g/mol. The number of amides is 1. The molecule has 3 heterocycles. The van der Waals surface area contributed by atoms with Crippen LogP contribution >= 0.6 is 0 Å². The molecule has 1 saturated heterocycles. The molecule has 7 nitrogen and oxygen atoms in total. The number of pyridine rings is 1. The van der Waals surface area contributed by atoms with Gasteiger partial charge in [-0.15, -0.1) is 0 Å². The number of hydrogen-bond donors (Lipinski definition) is 1. The van der Waals surface area contributed by atoms with Gasteiger partial charge in [-0.05, 0) is 43.7 Å². The fourth-order valence-electron chi connectivity index (χ4n) is 3.27. The van der Waals surface area contributed by atoms with Crippen LogP contribution in [0.2, 0.25) is 0 Å². The van der Waals surface area contributed by atoms with Crippen molar-refractivity contribution in [2.75, 3.05) is 13.6 Å². The van der Waals surface area contributed by atoms with E-state index in [9.17, 15) is 14.7 Å². The molecule has 1 aliphatic heterocycles. The lowest BCUT2D eigenvalue weighted by atomic mass is 9.95. The molecule has 1 fully saturated rings. The predicted molar refractivity (Wildman–Crippen MR) is 89.9 cm³/mol. The number of likely N-dealkylation sites (tertiary alicyclic amines) is 1. The lowest BCUT2D eigenvalue weighted by molar-refractivity contribution is -0.144. The lowest BCUT2D eigenvalue weighted by Crippen LogP contribution is -2.54. The molecule has 2 atom stereocenters. The zero-order chi connectivity index (χ0) is 17.8. The Labute approximate surface area is 145 Å². The van der Waals surface area contributed by atoms with E-state index in [0.29, 0.717) is 25.9 Å². The van der Waals surface area contributed by atoms with Gasteiger partial charge in [-0.25, -0.2) is 4.79 Å². The number of hydrogen-bond acceptors (Lipinski definition) is 5. The number of carboxylic acids is 1. The highest BCUT2D eigenvalue weighted by Crippen LogP contribution is 2.24. The molecule has 1 aliphatic rings. The Kier molecular flexibility index (Phi) is 5.14. The van der Waals surface area contributed by atoms with Gasteiger partial charge in [0.15, 0.2) is 5.76 Å². The SMILES string of the molecule is CN(Cc1cccnc1)[C@H]1CCN(C(=O)c2ccco2)[C@H](C(=O)O)C1. The van der Waals surface area contributed by atoms with Crippen molar-refractivity contribution in [3.8, 4) is 0 Å². The summed E-state index contributed by atoms with van der Waals surface area (Å²) in [6, 6.07) is 6.29. The Morgan fingerprint density at radius 3 is 2.88 bits per heavy atom. The minimum atomic E-state index is -0.987. The van der Waals surface area contributed by atoms with Gasteiger partial charge in [0, 0.05) is 31.5 Å². The Balaban J connectivity index is 1.68. The maximum Gasteiger partial charge on any atom is 0.326 e. The smallest absolute Gasteiger partial charge is 0.326 e. The quantitative estimate of drug-likeness (QED) is 0.892. The van der Waals surface area contributed by atoms with Crippen LogP contribution in [0.4, 0.5) is 0 Å². The van der Waals surface area contributed by atoms with Crippen LogP contribution in [-0.2, 0) is 11.3 Å². The molecular formula is C18H21N3O4. The Bertz CT molecular complexity index is 717. The number of carboxylic acid groups (broad SMARTS) is 1. The van der Waals surface area contributed by atoms with Gasteiger partial charge in [-0.2, -0.15) is 0 Å². The van der Waals surface area contributed by atoms with Crippen molar-refractivity contribution in [3.63, 3.8) is 0 Å². The molecule has 2 aromatic rings. The molecule has 0 unspecified atom stereocenters. The maximum absolute atomic E-state index is 12.5. The predicted octanol–water partition coefficient (Wildman–Crippen LogP) is 1.86. The van der Waals surface area contributed by atoms with E-state index < -0.39 is 12.0 Å². The minimum absolute atomic E-state index is 0.0851. The summed E-state index contributed by atoms with van der Waals surface area (Å²) in [7, 11) is 1.97. The average Bonchev–Trinajstić information content (AvgIpc) is 3.16. The van der Waals surface area contributed by atoms with Crippen LogP contribution in [-0.4, -0.2) is 57.4 Å². The number of carbonyl (C=O) groups excluding carboxylic acids is 1. The summed E-state index contributed by atoms with van der Waals surface area (Å²) in [5, 5.41) is 9.59. The van der Waals surface area contributed by atoms with Crippen molar-refractivity contribution >= 4 is 11.9 Å². The van der Waals surface area contributed by atoms with Gasteiger partial charge in [0.25, 0.3) is 5.91 Å². The summed E-state index contributed by atoms with van der Waals surface area (Å²) >= 11 is 0. The monoisotopic (exact) mass is 343 g/mol. The fourth-order valence-corrected chi connectivity index (χ4v) is 3.27. The summed E-state index contributed by atoms with van der Waals surface area (Å²) in [4.78, 5) is 31.8. The van der Waals surface area contributed by atoms with E-state index >= 15 is 0 Å². The van der Waals surface area contributed by atoms with Crippen LogP contribution in [0.1, 0.15) is 29.0 Å². The highest BCUT2D eigenvalue weighted by molar-refractivity contribution is 5.94. The van der Waals surface area contributed by atoms with Crippen molar-refractivity contribution in [1.29, 1.82) is 0 Å². The van der Waals surface area contributed by atoms with Crippen LogP contribution < -0.4 is 0 Å². The van der Waals surface area contributed by atoms with Crippen LogP contribution in [0.15, 0.2) is 47.3 Å². The highest BCUT2D eigenvalue weighted by atomic mass is 16.4. The van der Waals surface area contributed by atoms with Crippen molar-refractivity contribution in [2.24, 2.45) is 0 Å². The van der Waals surface area contributed by atoms with E-state index in [1.54, 1.807) is 24.5 Å². The number of aliphatic carboxylic acids is 1. The largest absolute Gasteiger partial charge is 0.480 e. The van der Waals surface area contributed by atoms with E-state index in [4.69, 9.17) is 4.42 Å². The molecule has 0 aromatic carbocycles. The first-order valence-electron chi connectivity index (χ1n) is 8.22. The normalized spacial score (nSPS) is 20.6. The zero-order valence-electron chi connectivity index (χ0n) is 14.0. The molecule has 132 valence electrons. The Hall–Kier alpha value is -2.67. The third-order valence-electron chi connectivity index (χ3n) is 4.63. The first-order valence-corrected chi connectivity index (χ1v) is 8.22. The van der Waals surface area contributed by atoms with Crippen LogP contribution in [0, 0.1) is 0 Å². The van der Waals surface area contributed by atoms with Crippen molar-refractivity contribution < 1.29 is 19.1 Å². The standard InChI is InChI=1S/C18H21N3O4/c1-20(12-13-4-2-7-19-11-13)14-6-8-21(15(10-14)18(23)24)17(22)16-5-3-9-25-16/h2-5,7,9,11,14-15H,6,8,10,12H2,1H3,(H,23,24)/t14-,15-/m0/s1. The van der Waals surface area contributed by atoms with Crippen molar-refractivity contribution in [3.05, 3.63) is 54.2 Å². The van der Waals surface area contributed by atoms with E-state index in [1.165, 1.54) is 11.2 Å².